The summed E-state index contributed by atoms with van der Waals surface area (Å²) in [6.07, 6.45) is 13.5. The lowest BCUT2D eigenvalue weighted by atomic mass is 10.1. The molecule has 6 rings (SSSR count). The van der Waals surface area contributed by atoms with Crippen LogP contribution in [0.2, 0.25) is 0 Å². The maximum atomic E-state index is 12.9. The minimum atomic E-state index is -0.963. The number of aromatic nitrogens is 4. The first-order valence-corrected chi connectivity index (χ1v) is 17.8. The van der Waals surface area contributed by atoms with Crippen LogP contribution < -0.4 is 0 Å². The van der Waals surface area contributed by atoms with E-state index in [0.717, 1.165) is 22.5 Å². The molecular formula is C37H48N10O7. The lowest BCUT2D eigenvalue weighted by Gasteiger charge is -2.27. The van der Waals surface area contributed by atoms with Crippen molar-refractivity contribution in [3.8, 4) is 0 Å². The van der Waals surface area contributed by atoms with E-state index < -0.39 is 17.4 Å². The monoisotopic (exact) mass is 744 g/mol. The number of aliphatic imine (C=N–C) groups is 2. The zero-order chi connectivity index (χ0) is 38.8. The van der Waals surface area contributed by atoms with Gasteiger partial charge in [-0.15, -0.1) is 13.2 Å². The molecule has 4 aliphatic rings. The van der Waals surface area contributed by atoms with Crippen LogP contribution in [0.5, 0.6) is 0 Å². The number of hydrogen-bond acceptors (Lipinski definition) is 11. The maximum Gasteiger partial charge on any atom is 0.509 e. The highest BCUT2D eigenvalue weighted by Crippen LogP contribution is 2.28. The lowest BCUT2D eigenvalue weighted by Crippen LogP contribution is -2.37. The summed E-state index contributed by atoms with van der Waals surface area (Å²) in [6.45, 7) is 20.9. The Hall–Kier alpha value is -5.55. The van der Waals surface area contributed by atoms with Gasteiger partial charge in [-0.2, -0.15) is 20.3 Å². The van der Waals surface area contributed by atoms with E-state index in [0.29, 0.717) is 37.6 Å². The molecule has 6 heterocycles. The smallest absolute Gasteiger partial charge is 0.426 e. The van der Waals surface area contributed by atoms with Crippen LogP contribution in [0.25, 0.3) is 11.4 Å². The normalized spacial score (nSPS) is 20.4. The summed E-state index contributed by atoms with van der Waals surface area (Å²) in [5, 5.41) is 11.8. The van der Waals surface area contributed by atoms with Crippen molar-refractivity contribution in [1.29, 1.82) is 0 Å². The second-order valence-electron chi connectivity index (χ2n) is 14.7. The van der Waals surface area contributed by atoms with Crippen LogP contribution in [0, 0.1) is 0 Å². The van der Waals surface area contributed by atoms with E-state index in [9.17, 15) is 14.4 Å². The molecule has 0 spiro atoms. The van der Waals surface area contributed by atoms with E-state index in [1.54, 1.807) is 71.4 Å². The SMILES string of the molecule is C=CCON1C(=O)N2CC(n3cc(/C(C)=N/CC(C)(C)OC(=O)OC(C)(C)C/N=C(\C)c4cnn(C5=CC6CN(C5)C(=O)N6OCC=C)c4)cn3)=CC1C2. The second kappa shape index (κ2) is 15.4. The first kappa shape index (κ1) is 38.2. The number of amides is 4. The van der Waals surface area contributed by atoms with Crippen molar-refractivity contribution in [1.82, 2.24) is 39.5 Å². The fourth-order valence-corrected chi connectivity index (χ4v) is 6.30. The molecule has 2 aromatic heterocycles. The Labute approximate surface area is 314 Å². The predicted molar refractivity (Wildman–Crippen MR) is 200 cm³/mol. The van der Waals surface area contributed by atoms with Gasteiger partial charge in [0.2, 0.25) is 0 Å². The number of rotatable bonds is 16. The number of hydrogen-bond donors (Lipinski definition) is 0. The Balaban J connectivity index is 0.996. The predicted octanol–water partition coefficient (Wildman–Crippen LogP) is 4.26. The number of carbonyl (C=O) groups is 3. The van der Waals surface area contributed by atoms with Crippen molar-refractivity contribution in [2.75, 3.05) is 52.5 Å². The lowest BCUT2D eigenvalue weighted by molar-refractivity contribution is -0.107. The Bertz CT molecular complexity index is 1790. The average molecular weight is 745 g/mol. The van der Waals surface area contributed by atoms with Gasteiger partial charge in [0.15, 0.2) is 0 Å². The van der Waals surface area contributed by atoms with Gasteiger partial charge in [0.1, 0.15) is 11.2 Å². The van der Waals surface area contributed by atoms with E-state index in [4.69, 9.17) is 19.1 Å². The summed E-state index contributed by atoms with van der Waals surface area (Å²) in [4.78, 5) is 62.2. The highest BCUT2D eigenvalue weighted by Gasteiger charge is 2.42. The third-order valence-electron chi connectivity index (χ3n) is 9.18. The molecule has 0 radical (unpaired) electrons. The van der Waals surface area contributed by atoms with Crippen molar-refractivity contribution >= 4 is 41.0 Å². The molecule has 4 bridgehead atoms. The van der Waals surface area contributed by atoms with Crippen molar-refractivity contribution in [3.63, 3.8) is 0 Å². The standard InChI is InChI=1S/C37H48N10O7/c1-9-11-51-46-31-13-29(19-42(21-31)33(46)48)44-17-27(15-40-44)25(3)38-23-36(5,6)53-35(50)54-37(7,8)24-39-26(4)28-16-41-45(18-28)30-14-32-22-43(20-30)34(49)47(32)52-12-10-2/h9-10,13-18,31-32H,1-2,11-12,19-24H2,3-8H3/b38-25+,39-26+. The number of urea groups is 2. The van der Waals surface area contributed by atoms with Gasteiger partial charge in [0.25, 0.3) is 0 Å². The minimum Gasteiger partial charge on any atom is -0.426 e. The molecule has 4 amide bonds. The summed E-state index contributed by atoms with van der Waals surface area (Å²) in [6, 6.07) is -0.790. The zero-order valence-electron chi connectivity index (χ0n) is 31.7. The molecule has 2 saturated heterocycles. The topological polar surface area (TPSA) is 161 Å². The molecule has 0 aromatic carbocycles. The summed E-state index contributed by atoms with van der Waals surface area (Å²) >= 11 is 0. The molecule has 2 atom stereocenters. The van der Waals surface area contributed by atoms with E-state index in [2.05, 4.69) is 33.3 Å². The van der Waals surface area contributed by atoms with Crippen molar-refractivity contribution in [2.45, 2.75) is 64.8 Å². The molecule has 17 nitrogen and oxygen atoms in total. The Kier molecular flexibility index (Phi) is 10.9. The number of carbonyl (C=O) groups excluding carboxylic acids is 3. The fourth-order valence-electron chi connectivity index (χ4n) is 6.30. The van der Waals surface area contributed by atoms with Gasteiger partial charge in [0.05, 0.1) is 75.3 Å². The molecule has 0 aliphatic carbocycles. The average Bonchev–Trinajstić information content (AvgIpc) is 3.91. The highest BCUT2D eigenvalue weighted by molar-refractivity contribution is 5.99. The number of ether oxygens (including phenoxy) is 2. The molecular weight excluding hydrogens is 696 g/mol. The van der Waals surface area contributed by atoms with Crippen LogP contribution >= 0.6 is 0 Å². The molecule has 288 valence electrons. The zero-order valence-corrected chi connectivity index (χ0v) is 31.7. The first-order chi connectivity index (χ1) is 25.7. The van der Waals surface area contributed by atoms with Crippen LogP contribution in [0.1, 0.15) is 52.7 Å². The van der Waals surface area contributed by atoms with Crippen molar-refractivity contribution in [2.24, 2.45) is 9.98 Å². The Morgan fingerprint density at radius 3 is 1.57 bits per heavy atom. The van der Waals surface area contributed by atoms with Crippen molar-refractivity contribution in [3.05, 3.63) is 73.4 Å². The summed E-state index contributed by atoms with van der Waals surface area (Å²) in [7, 11) is 0. The van der Waals surface area contributed by atoms with E-state index in [-0.39, 0.29) is 50.4 Å². The van der Waals surface area contributed by atoms with Gasteiger partial charge in [-0.3, -0.25) is 19.7 Å². The summed E-state index contributed by atoms with van der Waals surface area (Å²) in [5.41, 5.74) is 2.80. The molecule has 2 fully saturated rings. The van der Waals surface area contributed by atoms with Gasteiger partial charge in [0, 0.05) is 48.0 Å². The van der Waals surface area contributed by atoms with Crippen LogP contribution in [0.15, 0.2) is 72.2 Å². The minimum absolute atomic E-state index is 0.184. The second-order valence-corrected chi connectivity index (χ2v) is 14.7. The highest BCUT2D eigenvalue weighted by atomic mass is 16.7. The molecule has 2 unspecified atom stereocenters. The maximum absolute atomic E-state index is 12.9. The fraction of sp³-hybridized carbons (Fsp3) is 0.486. The third-order valence-corrected chi connectivity index (χ3v) is 9.18. The largest absolute Gasteiger partial charge is 0.509 e. The Morgan fingerprint density at radius 2 is 1.19 bits per heavy atom. The number of hydroxylamine groups is 4. The van der Waals surface area contributed by atoms with Gasteiger partial charge >= 0.3 is 18.2 Å². The van der Waals surface area contributed by atoms with Gasteiger partial charge < -0.3 is 19.3 Å². The number of fused-ring (bicyclic) bond motifs is 4. The first-order valence-electron chi connectivity index (χ1n) is 17.8. The Morgan fingerprint density at radius 1 is 0.778 bits per heavy atom. The van der Waals surface area contributed by atoms with Crippen LogP contribution in [-0.4, -0.2) is 145 Å². The van der Waals surface area contributed by atoms with E-state index in [1.165, 1.54) is 10.1 Å². The van der Waals surface area contributed by atoms with Gasteiger partial charge in [-0.05, 0) is 53.7 Å². The molecule has 0 saturated carbocycles. The number of nitrogens with zero attached hydrogens (tertiary/aromatic N) is 10. The van der Waals surface area contributed by atoms with Gasteiger partial charge in [-0.25, -0.2) is 23.7 Å². The molecule has 2 aromatic rings. The van der Waals surface area contributed by atoms with Crippen LogP contribution in [0.3, 0.4) is 0 Å². The molecule has 17 heteroatoms. The molecule has 0 N–H and O–H groups in total. The van der Waals surface area contributed by atoms with Crippen molar-refractivity contribution < 1.29 is 33.5 Å². The van der Waals surface area contributed by atoms with Gasteiger partial charge in [-0.1, -0.05) is 12.2 Å². The molecule has 4 aliphatic heterocycles. The van der Waals surface area contributed by atoms with E-state index >= 15 is 0 Å². The summed E-state index contributed by atoms with van der Waals surface area (Å²) < 4.78 is 14.9. The molecule has 54 heavy (non-hydrogen) atoms. The third kappa shape index (κ3) is 8.47. The van der Waals surface area contributed by atoms with Crippen LogP contribution in [-0.2, 0) is 19.1 Å². The quantitative estimate of drug-likeness (QED) is 0.139. The van der Waals surface area contributed by atoms with E-state index in [1.807, 2.05) is 38.4 Å². The summed E-state index contributed by atoms with van der Waals surface area (Å²) in [5.74, 6) is 0. The van der Waals surface area contributed by atoms with Crippen LogP contribution in [0.4, 0.5) is 14.4 Å².